The van der Waals surface area contributed by atoms with Crippen molar-refractivity contribution in [3.05, 3.63) is 22.3 Å². The fourth-order valence-corrected chi connectivity index (χ4v) is 2.14. The molecule has 0 bridgehead atoms. The first-order chi connectivity index (χ1) is 7.77. The van der Waals surface area contributed by atoms with Gasteiger partial charge in [0.2, 0.25) is 0 Å². The Morgan fingerprint density at radius 3 is 3.00 bits per heavy atom. The Balaban J connectivity index is 1.89. The van der Waals surface area contributed by atoms with E-state index in [2.05, 4.69) is 26.5 Å². The van der Waals surface area contributed by atoms with Gasteiger partial charge in [-0.3, -0.25) is 10.2 Å². The average molecular weight is 238 g/mol. The second-order valence-electron chi connectivity index (χ2n) is 3.74. The molecule has 0 saturated carbocycles. The third kappa shape index (κ3) is 2.57. The highest BCUT2D eigenvalue weighted by molar-refractivity contribution is 7.07. The number of hydrazine groups is 1. The fourth-order valence-electron chi connectivity index (χ4n) is 1.59. The van der Waals surface area contributed by atoms with Gasteiger partial charge in [0, 0.05) is 5.70 Å². The summed E-state index contributed by atoms with van der Waals surface area (Å²) in [6, 6.07) is 0. The Morgan fingerprint density at radius 2 is 2.38 bits per heavy atom. The molecular weight excluding hydrogens is 224 g/mol. The summed E-state index contributed by atoms with van der Waals surface area (Å²) in [5, 5.41) is 3.80. The lowest BCUT2D eigenvalue weighted by Crippen LogP contribution is -2.37. The van der Waals surface area contributed by atoms with Crippen molar-refractivity contribution in [3.8, 4) is 0 Å². The molecule has 1 aliphatic rings. The average Bonchev–Trinajstić information content (AvgIpc) is 2.74. The van der Waals surface area contributed by atoms with E-state index in [4.69, 9.17) is 0 Å². The van der Waals surface area contributed by atoms with E-state index in [0.29, 0.717) is 10.6 Å². The summed E-state index contributed by atoms with van der Waals surface area (Å²) in [6.45, 7) is 1.78. The molecule has 0 spiro atoms. The monoisotopic (exact) mass is 238 g/mol. The van der Waals surface area contributed by atoms with Gasteiger partial charge in [-0.1, -0.05) is 10.6 Å². The van der Waals surface area contributed by atoms with Crippen LogP contribution in [0.2, 0.25) is 0 Å². The van der Waals surface area contributed by atoms with Crippen LogP contribution in [-0.2, 0) is 0 Å². The molecular formula is C10H14N4OS. The number of nitrogens with one attached hydrogen (secondary N) is 2. The molecule has 5 nitrogen and oxygen atoms in total. The van der Waals surface area contributed by atoms with Crippen LogP contribution in [0.5, 0.6) is 0 Å². The minimum absolute atomic E-state index is 0.168. The van der Waals surface area contributed by atoms with Crippen molar-refractivity contribution in [2.24, 2.45) is 0 Å². The van der Waals surface area contributed by atoms with Crippen LogP contribution in [-0.4, -0.2) is 15.5 Å². The van der Waals surface area contributed by atoms with Gasteiger partial charge >= 0.3 is 0 Å². The number of allylic oxidation sites excluding steroid dienone is 2. The number of hydrogen-bond donors (Lipinski definition) is 2. The van der Waals surface area contributed by atoms with Gasteiger partial charge in [-0.2, -0.15) is 0 Å². The van der Waals surface area contributed by atoms with E-state index in [1.54, 1.807) is 6.92 Å². The Labute approximate surface area is 98.1 Å². The van der Waals surface area contributed by atoms with Gasteiger partial charge < -0.3 is 5.43 Å². The van der Waals surface area contributed by atoms with E-state index < -0.39 is 0 Å². The Hall–Kier alpha value is -1.43. The third-order valence-corrected chi connectivity index (χ3v) is 3.31. The highest BCUT2D eigenvalue weighted by Gasteiger charge is 2.13. The van der Waals surface area contributed by atoms with Crippen molar-refractivity contribution >= 4 is 17.4 Å². The van der Waals surface area contributed by atoms with Gasteiger partial charge in [0.15, 0.2) is 0 Å². The molecule has 0 aromatic carbocycles. The number of amides is 1. The molecule has 1 amide bonds. The van der Waals surface area contributed by atoms with E-state index in [-0.39, 0.29) is 5.91 Å². The van der Waals surface area contributed by atoms with Crippen LogP contribution in [0.1, 0.15) is 41.0 Å². The molecule has 1 aliphatic carbocycles. The summed E-state index contributed by atoms with van der Waals surface area (Å²) in [6.07, 6.45) is 6.62. The maximum Gasteiger partial charge on any atom is 0.283 e. The molecule has 0 atom stereocenters. The normalized spacial score (nSPS) is 15.4. The highest BCUT2D eigenvalue weighted by atomic mass is 32.1. The maximum atomic E-state index is 11.7. The molecule has 1 heterocycles. The molecule has 1 aromatic heterocycles. The van der Waals surface area contributed by atoms with Gasteiger partial charge in [-0.15, -0.1) is 5.10 Å². The van der Waals surface area contributed by atoms with Crippen molar-refractivity contribution in [1.29, 1.82) is 0 Å². The Kier molecular flexibility index (Phi) is 3.51. The van der Waals surface area contributed by atoms with E-state index in [1.807, 2.05) is 0 Å². The van der Waals surface area contributed by atoms with Gasteiger partial charge in [0.25, 0.3) is 5.91 Å². The zero-order valence-corrected chi connectivity index (χ0v) is 9.93. The van der Waals surface area contributed by atoms with Gasteiger partial charge in [-0.05, 0) is 44.1 Å². The fraction of sp³-hybridized carbons (Fsp3) is 0.500. The summed E-state index contributed by atoms with van der Waals surface area (Å²) in [5.41, 5.74) is 7.38. The molecule has 2 rings (SSSR count). The largest absolute Gasteiger partial charge is 0.303 e. The summed E-state index contributed by atoms with van der Waals surface area (Å²) >= 11 is 1.11. The van der Waals surface area contributed by atoms with E-state index in [9.17, 15) is 4.79 Å². The van der Waals surface area contributed by atoms with Crippen molar-refractivity contribution in [2.75, 3.05) is 0 Å². The molecule has 0 fully saturated rings. The number of aromatic nitrogens is 2. The summed E-state index contributed by atoms with van der Waals surface area (Å²) < 4.78 is 3.73. The standard InChI is InChI=1S/C10H14N4OS/c1-7-9(16-14-11-7)10(15)13-12-8-5-3-2-4-6-8/h5,12H,2-4,6H2,1H3,(H,13,15). The zero-order chi connectivity index (χ0) is 11.4. The van der Waals surface area contributed by atoms with Crippen LogP contribution in [0, 0.1) is 6.92 Å². The molecule has 6 heteroatoms. The van der Waals surface area contributed by atoms with E-state index in [0.717, 1.165) is 30.1 Å². The van der Waals surface area contributed by atoms with E-state index in [1.165, 1.54) is 12.8 Å². The van der Waals surface area contributed by atoms with Crippen molar-refractivity contribution in [1.82, 2.24) is 20.4 Å². The predicted molar refractivity (Wildman–Crippen MR) is 61.8 cm³/mol. The van der Waals surface area contributed by atoms with Crippen LogP contribution < -0.4 is 10.9 Å². The lowest BCUT2D eigenvalue weighted by Gasteiger charge is -2.15. The number of carbonyl (C=O) groups excluding carboxylic acids is 1. The smallest absolute Gasteiger partial charge is 0.283 e. The van der Waals surface area contributed by atoms with Gasteiger partial charge in [-0.25, -0.2) is 0 Å². The number of nitrogens with zero attached hydrogens (tertiary/aromatic N) is 2. The molecule has 1 aromatic rings. The number of rotatable bonds is 3. The summed E-state index contributed by atoms with van der Waals surface area (Å²) in [4.78, 5) is 12.3. The zero-order valence-electron chi connectivity index (χ0n) is 9.12. The van der Waals surface area contributed by atoms with Crippen molar-refractivity contribution in [2.45, 2.75) is 32.6 Å². The minimum Gasteiger partial charge on any atom is -0.303 e. The minimum atomic E-state index is -0.168. The first-order valence-corrected chi connectivity index (χ1v) is 6.09. The molecule has 0 saturated heterocycles. The second kappa shape index (κ2) is 5.07. The van der Waals surface area contributed by atoms with Crippen molar-refractivity contribution in [3.63, 3.8) is 0 Å². The van der Waals surface area contributed by atoms with Crippen LogP contribution in [0.25, 0.3) is 0 Å². The Bertz CT molecular complexity index is 413. The van der Waals surface area contributed by atoms with Gasteiger partial charge in [0.05, 0.1) is 5.69 Å². The number of aryl methyl sites for hydroxylation is 1. The molecule has 16 heavy (non-hydrogen) atoms. The van der Waals surface area contributed by atoms with Crippen LogP contribution in [0.3, 0.4) is 0 Å². The first kappa shape index (κ1) is 11.1. The molecule has 0 aliphatic heterocycles. The number of carbonyl (C=O) groups is 1. The van der Waals surface area contributed by atoms with Crippen molar-refractivity contribution < 1.29 is 4.79 Å². The second-order valence-corrected chi connectivity index (χ2v) is 4.50. The number of hydrogen-bond acceptors (Lipinski definition) is 5. The molecule has 0 radical (unpaired) electrons. The first-order valence-electron chi connectivity index (χ1n) is 5.31. The Morgan fingerprint density at radius 1 is 1.50 bits per heavy atom. The van der Waals surface area contributed by atoms with E-state index >= 15 is 0 Å². The topological polar surface area (TPSA) is 66.9 Å². The van der Waals surface area contributed by atoms with Gasteiger partial charge in [0.1, 0.15) is 4.88 Å². The maximum absolute atomic E-state index is 11.7. The molecule has 0 unspecified atom stereocenters. The third-order valence-electron chi connectivity index (χ3n) is 2.49. The SMILES string of the molecule is Cc1nnsc1C(=O)NNC1=CCCCC1. The summed E-state index contributed by atoms with van der Waals surface area (Å²) in [5.74, 6) is -0.168. The van der Waals surface area contributed by atoms with Crippen LogP contribution in [0.4, 0.5) is 0 Å². The summed E-state index contributed by atoms with van der Waals surface area (Å²) in [7, 11) is 0. The molecule has 2 N–H and O–H groups in total. The lowest BCUT2D eigenvalue weighted by atomic mass is 10.1. The predicted octanol–water partition coefficient (Wildman–Crippen LogP) is 1.54. The quantitative estimate of drug-likeness (QED) is 0.784. The van der Waals surface area contributed by atoms with Crippen LogP contribution in [0.15, 0.2) is 11.8 Å². The van der Waals surface area contributed by atoms with Crippen LogP contribution >= 0.6 is 11.5 Å². The molecule has 86 valence electrons. The highest BCUT2D eigenvalue weighted by Crippen LogP contribution is 2.14. The lowest BCUT2D eigenvalue weighted by molar-refractivity contribution is 0.0941.